The summed E-state index contributed by atoms with van der Waals surface area (Å²) in [6, 6.07) is 5.21. The molecule has 6 heteroatoms. The molecule has 0 saturated carbocycles. The van der Waals surface area contributed by atoms with Crippen LogP contribution in [0.15, 0.2) is 24.3 Å². The summed E-state index contributed by atoms with van der Waals surface area (Å²) in [4.78, 5) is 0. The second kappa shape index (κ2) is 6.89. The highest BCUT2D eigenvalue weighted by molar-refractivity contribution is 7.84. The Morgan fingerprint density at radius 2 is 2.06 bits per heavy atom. The van der Waals surface area contributed by atoms with Crippen molar-refractivity contribution in [2.75, 3.05) is 18.1 Å². The minimum Gasteiger partial charge on any atom is -0.312 e. The van der Waals surface area contributed by atoms with E-state index in [1.165, 1.54) is 6.07 Å². The van der Waals surface area contributed by atoms with Gasteiger partial charge in [0.2, 0.25) is 0 Å². The summed E-state index contributed by atoms with van der Waals surface area (Å²) < 4.78 is 48.5. The van der Waals surface area contributed by atoms with E-state index in [4.69, 9.17) is 0 Å². The molecular formula is C12H16F3NOS. The molecule has 18 heavy (non-hydrogen) atoms. The lowest BCUT2D eigenvalue weighted by molar-refractivity contribution is -0.137. The summed E-state index contributed by atoms with van der Waals surface area (Å²) in [6.45, 7) is 2.73. The average Bonchev–Trinajstić information content (AvgIpc) is 2.33. The highest BCUT2D eigenvalue weighted by Crippen LogP contribution is 2.29. The zero-order valence-electron chi connectivity index (χ0n) is 10.1. The van der Waals surface area contributed by atoms with Crippen LogP contribution >= 0.6 is 0 Å². The Morgan fingerprint density at radius 3 is 2.67 bits per heavy atom. The van der Waals surface area contributed by atoms with E-state index in [2.05, 4.69) is 5.32 Å². The highest BCUT2D eigenvalue weighted by Gasteiger charge is 2.30. The fraction of sp³-hybridized carbons (Fsp3) is 0.500. The second-order valence-corrected chi connectivity index (χ2v) is 5.67. The van der Waals surface area contributed by atoms with Crippen LogP contribution < -0.4 is 5.32 Å². The van der Waals surface area contributed by atoms with E-state index < -0.39 is 22.5 Å². The molecule has 0 spiro atoms. The first kappa shape index (κ1) is 15.2. The van der Waals surface area contributed by atoms with Crippen LogP contribution in [-0.4, -0.2) is 22.3 Å². The van der Waals surface area contributed by atoms with Crippen LogP contribution in [0.3, 0.4) is 0 Å². The van der Waals surface area contributed by atoms with Gasteiger partial charge in [0.25, 0.3) is 0 Å². The maximum absolute atomic E-state index is 12.4. The summed E-state index contributed by atoms with van der Waals surface area (Å²) in [7, 11) is -0.846. The third-order valence-corrected chi connectivity index (χ3v) is 3.72. The number of alkyl halides is 3. The van der Waals surface area contributed by atoms with Crippen molar-refractivity contribution in [3.63, 3.8) is 0 Å². The third kappa shape index (κ3) is 5.18. The predicted octanol–water partition coefficient (Wildman–Crippen LogP) is 2.56. The molecule has 0 heterocycles. The number of benzene rings is 1. The quantitative estimate of drug-likeness (QED) is 0.811. The van der Waals surface area contributed by atoms with Gasteiger partial charge in [0.1, 0.15) is 0 Å². The molecule has 0 aliphatic carbocycles. The molecule has 1 rings (SSSR count). The smallest absolute Gasteiger partial charge is 0.312 e. The Morgan fingerprint density at radius 1 is 1.33 bits per heavy atom. The Kier molecular flexibility index (Phi) is 5.81. The van der Waals surface area contributed by atoms with Crippen LogP contribution in [0, 0.1) is 0 Å². The molecule has 1 aromatic carbocycles. The van der Waals surface area contributed by atoms with Gasteiger partial charge in [-0.1, -0.05) is 25.1 Å². The van der Waals surface area contributed by atoms with Gasteiger partial charge in [0, 0.05) is 35.4 Å². The van der Waals surface area contributed by atoms with Gasteiger partial charge in [0.05, 0.1) is 5.56 Å². The van der Waals surface area contributed by atoms with Gasteiger partial charge in [0.15, 0.2) is 0 Å². The molecule has 0 saturated heterocycles. The molecule has 0 bridgehead atoms. The van der Waals surface area contributed by atoms with E-state index in [0.717, 1.165) is 12.1 Å². The van der Waals surface area contributed by atoms with Gasteiger partial charge in [-0.2, -0.15) is 13.2 Å². The first-order chi connectivity index (χ1) is 8.43. The van der Waals surface area contributed by atoms with E-state index in [1.807, 2.05) is 6.92 Å². The molecule has 0 aromatic heterocycles. The Labute approximate surface area is 107 Å². The summed E-state index contributed by atoms with van der Waals surface area (Å²) >= 11 is 0. The predicted molar refractivity (Wildman–Crippen MR) is 66.7 cm³/mol. The number of nitrogens with one attached hydrogen (secondary N) is 1. The number of hydrogen-bond donors (Lipinski definition) is 1. The van der Waals surface area contributed by atoms with Gasteiger partial charge in [-0.15, -0.1) is 0 Å². The number of halogens is 3. The van der Waals surface area contributed by atoms with Crippen LogP contribution in [-0.2, 0) is 23.5 Å². The van der Waals surface area contributed by atoms with Crippen molar-refractivity contribution in [3.8, 4) is 0 Å². The molecule has 1 atom stereocenters. The molecule has 0 amide bonds. The topological polar surface area (TPSA) is 29.1 Å². The lowest BCUT2D eigenvalue weighted by Crippen LogP contribution is -2.20. The molecule has 102 valence electrons. The van der Waals surface area contributed by atoms with Crippen molar-refractivity contribution in [2.24, 2.45) is 0 Å². The fourth-order valence-corrected chi connectivity index (χ4v) is 2.08. The lowest BCUT2D eigenvalue weighted by atomic mass is 10.1. The summed E-state index contributed by atoms with van der Waals surface area (Å²) in [5.41, 5.74) is -0.0639. The fourth-order valence-electron chi connectivity index (χ4n) is 1.42. The van der Waals surface area contributed by atoms with Gasteiger partial charge in [-0.25, -0.2) is 0 Å². The van der Waals surface area contributed by atoms with Gasteiger partial charge in [-0.3, -0.25) is 4.21 Å². The SMILES string of the molecule is CCS(=O)CCNCc1cccc(C(F)(F)F)c1. The van der Waals surface area contributed by atoms with E-state index in [1.54, 1.807) is 6.07 Å². The molecule has 0 aliphatic rings. The second-order valence-electron chi connectivity index (χ2n) is 3.81. The summed E-state index contributed by atoms with van der Waals surface area (Å²) in [5, 5.41) is 2.99. The maximum atomic E-state index is 12.4. The largest absolute Gasteiger partial charge is 0.416 e. The van der Waals surface area contributed by atoms with Gasteiger partial charge >= 0.3 is 6.18 Å². The van der Waals surface area contributed by atoms with E-state index in [-0.39, 0.29) is 0 Å². The zero-order chi connectivity index (χ0) is 13.6. The first-order valence-corrected chi connectivity index (χ1v) is 7.14. The summed E-state index contributed by atoms with van der Waals surface area (Å²) in [6.07, 6.45) is -4.31. The van der Waals surface area contributed by atoms with E-state index >= 15 is 0 Å². The van der Waals surface area contributed by atoms with Gasteiger partial charge < -0.3 is 5.32 Å². The van der Waals surface area contributed by atoms with Gasteiger partial charge in [-0.05, 0) is 11.6 Å². The normalized spacial score (nSPS) is 13.6. The molecular weight excluding hydrogens is 263 g/mol. The molecule has 2 nitrogen and oxygen atoms in total. The third-order valence-electron chi connectivity index (χ3n) is 2.41. The van der Waals surface area contributed by atoms with E-state index in [0.29, 0.717) is 30.2 Å². The zero-order valence-corrected chi connectivity index (χ0v) is 10.9. The molecule has 1 N–H and O–H groups in total. The standard InChI is InChI=1S/C12H16F3NOS/c1-2-18(17)7-6-16-9-10-4-3-5-11(8-10)12(13,14)15/h3-5,8,16H,2,6-7,9H2,1H3. The molecule has 0 radical (unpaired) electrons. The van der Waals surface area contributed by atoms with E-state index in [9.17, 15) is 17.4 Å². The molecule has 1 aromatic rings. The van der Waals surface area contributed by atoms with Crippen LogP contribution in [0.1, 0.15) is 18.1 Å². The maximum Gasteiger partial charge on any atom is 0.416 e. The minimum absolute atomic E-state index is 0.352. The average molecular weight is 279 g/mol. The van der Waals surface area contributed by atoms with Crippen molar-refractivity contribution in [2.45, 2.75) is 19.6 Å². The number of hydrogen-bond acceptors (Lipinski definition) is 2. The van der Waals surface area contributed by atoms with Crippen molar-refractivity contribution in [3.05, 3.63) is 35.4 Å². The van der Waals surface area contributed by atoms with Crippen LogP contribution in [0.4, 0.5) is 13.2 Å². The van der Waals surface area contributed by atoms with Crippen molar-refractivity contribution in [1.29, 1.82) is 0 Å². The highest BCUT2D eigenvalue weighted by atomic mass is 32.2. The Balaban J connectivity index is 2.46. The monoisotopic (exact) mass is 279 g/mol. The Hall–Kier alpha value is -0.880. The Bertz CT molecular complexity index is 407. The van der Waals surface area contributed by atoms with Crippen LogP contribution in [0.5, 0.6) is 0 Å². The number of rotatable bonds is 6. The van der Waals surface area contributed by atoms with Crippen molar-refractivity contribution in [1.82, 2.24) is 5.32 Å². The van der Waals surface area contributed by atoms with Crippen LogP contribution in [0.25, 0.3) is 0 Å². The van der Waals surface area contributed by atoms with Crippen LogP contribution in [0.2, 0.25) is 0 Å². The lowest BCUT2D eigenvalue weighted by Gasteiger charge is -2.09. The van der Waals surface area contributed by atoms with Crippen molar-refractivity contribution >= 4 is 10.8 Å². The summed E-state index contributed by atoms with van der Waals surface area (Å²) in [5.74, 6) is 1.13. The first-order valence-electron chi connectivity index (χ1n) is 5.65. The molecule has 1 unspecified atom stereocenters. The minimum atomic E-state index is -4.31. The molecule has 0 fully saturated rings. The van der Waals surface area contributed by atoms with Crippen molar-refractivity contribution < 1.29 is 17.4 Å². The molecule has 0 aliphatic heterocycles.